The molecule has 1 aromatic heterocycles. The number of aromatic nitrogens is 1. The van der Waals surface area contributed by atoms with Crippen LogP contribution in [0.25, 0.3) is 10.9 Å². The van der Waals surface area contributed by atoms with Crippen LogP contribution in [0.2, 0.25) is 0 Å². The molecule has 2 aromatic rings. The molecule has 0 aliphatic carbocycles. The topological polar surface area (TPSA) is 36.1 Å². The standard InChI is InChI=1S/C16H22N2O/c1-3-9-18(10-4-2)16(19)12-13-5-6-14-7-8-17-15(14)11-13/h5-8,11,17H,3-4,9-10,12H2,1-2H3. The molecule has 3 heteroatoms. The molecular formula is C16H22N2O. The third kappa shape index (κ3) is 3.37. The number of aromatic amines is 1. The molecule has 1 heterocycles. The first-order valence-corrected chi connectivity index (χ1v) is 7.08. The summed E-state index contributed by atoms with van der Waals surface area (Å²) in [5.41, 5.74) is 2.18. The highest BCUT2D eigenvalue weighted by molar-refractivity contribution is 5.83. The van der Waals surface area contributed by atoms with Gasteiger partial charge in [0.1, 0.15) is 0 Å². The summed E-state index contributed by atoms with van der Waals surface area (Å²) in [5.74, 6) is 0.231. The molecule has 19 heavy (non-hydrogen) atoms. The lowest BCUT2D eigenvalue weighted by Crippen LogP contribution is -2.33. The Bertz CT molecular complexity index is 538. The molecule has 1 amide bonds. The predicted octanol–water partition coefficient (Wildman–Crippen LogP) is 3.36. The predicted molar refractivity (Wildman–Crippen MR) is 79.2 cm³/mol. The van der Waals surface area contributed by atoms with Crippen molar-refractivity contribution < 1.29 is 4.79 Å². The average Bonchev–Trinajstić information content (AvgIpc) is 2.86. The van der Waals surface area contributed by atoms with E-state index in [4.69, 9.17) is 0 Å². The third-order valence-electron chi connectivity index (χ3n) is 3.31. The van der Waals surface area contributed by atoms with E-state index >= 15 is 0 Å². The Balaban J connectivity index is 2.07. The molecule has 1 aromatic carbocycles. The minimum Gasteiger partial charge on any atom is -0.361 e. The molecule has 0 unspecified atom stereocenters. The van der Waals surface area contributed by atoms with Gasteiger partial charge in [-0.2, -0.15) is 0 Å². The number of hydrogen-bond donors (Lipinski definition) is 1. The number of fused-ring (bicyclic) bond motifs is 1. The van der Waals surface area contributed by atoms with Crippen LogP contribution in [0.1, 0.15) is 32.3 Å². The quantitative estimate of drug-likeness (QED) is 0.847. The van der Waals surface area contributed by atoms with Gasteiger partial charge in [0.05, 0.1) is 6.42 Å². The van der Waals surface area contributed by atoms with Gasteiger partial charge < -0.3 is 9.88 Å². The summed E-state index contributed by atoms with van der Waals surface area (Å²) < 4.78 is 0. The molecule has 0 spiro atoms. The van der Waals surface area contributed by atoms with E-state index in [2.05, 4.69) is 31.0 Å². The van der Waals surface area contributed by atoms with Crippen molar-refractivity contribution in [3.8, 4) is 0 Å². The van der Waals surface area contributed by atoms with Crippen LogP contribution in [-0.2, 0) is 11.2 Å². The Labute approximate surface area is 114 Å². The Morgan fingerprint density at radius 1 is 1.16 bits per heavy atom. The molecule has 0 atom stereocenters. The lowest BCUT2D eigenvalue weighted by Gasteiger charge is -2.21. The molecule has 102 valence electrons. The first-order valence-electron chi connectivity index (χ1n) is 7.08. The maximum atomic E-state index is 12.3. The van der Waals surface area contributed by atoms with E-state index in [1.54, 1.807) is 0 Å². The van der Waals surface area contributed by atoms with E-state index in [0.717, 1.165) is 37.0 Å². The smallest absolute Gasteiger partial charge is 0.226 e. The van der Waals surface area contributed by atoms with Crippen LogP contribution >= 0.6 is 0 Å². The van der Waals surface area contributed by atoms with Gasteiger partial charge in [0, 0.05) is 24.8 Å². The van der Waals surface area contributed by atoms with Crippen molar-refractivity contribution in [3.05, 3.63) is 36.0 Å². The van der Waals surface area contributed by atoms with Crippen LogP contribution in [0.15, 0.2) is 30.5 Å². The fraction of sp³-hybridized carbons (Fsp3) is 0.438. The number of nitrogens with zero attached hydrogens (tertiary/aromatic N) is 1. The highest BCUT2D eigenvalue weighted by Crippen LogP contribution is 2.15. The van der Waals surface area contributed by atoms with Crippen molar-refractivity contribution >= 4 is 16.8 Å². The summed E-state index contributed by atoms with van der Waals surface area (Å²) in [4.78, 5) is 17.4. The lowest BCUT2D eigenvalue weighted by molar-refractivity contribution is -0.130. The van der Waals surface area contributed by atoms with Gasteiger partial charge in [-0.25, -0.2) is 0 Å². The highest BCUT2D eigenvalue weighted by Gasteiger charge is 2.12. The van der Waals surface area contributed by atoms with Crippen molar-refractivity contribution in [3.63, 3.8) is 0 Å². The molecule has 0 bridgehead atoms. The number of rotatable bonds is 6. The molecule has 0 aliphatic rings. The summed E-state index contributed by atoms with van der Waals surface area (Å²) in [6, 6.07) is 8.23. The Morgan fingerprint density at radius 2 is 1.89 bits per heavy atom. The van der Waals surface area contributed by atoms with Crippen LogP contribution in [0.3, 0.4) is 0 Å². The lowest BCUT2D eigenvalue weighted by atomic mass is 10.1. The zero-order chi connectivity index (χ0) is 13.7. The van der Waals surface area contributed by atoms with E-state index in [9.17, 15) is 4.79 Å². The van der Waals surface area contributed by atoms with Gasteiger partial charge in [0.25, 0.3) is 0 Å². The van der Waals surface area contributed by atoms with E-state index in [1.807, 2.05) is 23.2 Å². The minimum atomic E-state index is 0.231. The Morgan fingerprint density at radius 3 is 2.58 bits per heavy atom. The number of hydrogen-bond acceptors (Lipinski definition) is 1. The normalized spacial score (nSPS) is 10.8. The van der Waals surface area contributed by atoms with E-state index in [1.165, 1.54) is 5.39 Å². The van der Waals surface area contributed by atoms with E-state index < -0.39 is 0 Å². The second kappa shape index (κ2) is 6.41. The molecule has 0 saturated carbocycles. The molecule has 0 saturated heterocycles. The summed E-state index contributed by atoms with van der Waals surface area (Å²) in [6.07, 6.45) is 4.45. The summed E-state index contributed by atoms with van der Waals surface area (Å²) in [5, 5.41) is 1.19. The maximum Gasteiger partial charge on any atom is 0.226 e. The molecule has 0 fully saturated rings. The summed E-state index contributed by atoms with van der Waals surface area (Å²) >= 11 is 0. The number of carbonyl (C=O) groups is 1. The van der Waals surface area contributed by atoms with E-state index in [0.29, 0.717) is 6.42 Å². The van der Waals surface area contributed by atoms with Gasteiger partial charge in [-0.15, -0.1) is 0 Å². The second-order valence-corrected chi connectivity index (χ2v) is 4.96. The van der Waals surface area contributed by atoms with E-state index in [-0.39, 0.29) is 5.91 Å². The first-order chi connectivity index (χ1) is 9.24. The summed E-state index contributed by atoms with van der Waals surface area (Å²) in [6.45, 7) is 5.94. The van der Waals surface area contributed by atoms with Gasteiger partial charge in [-0.3, -0.25) is 4.79 Å². The average molecular weight is 258 g/mol. The van der Waals surface area contributed by atoms with Crippen molar-refractivity contribution in [2.45, 2.75) is 33.1 Å². The van der Waals surface area contributed by atoms with Crippen LogP contribution < -0.4 is 0 Å². The molecule has 3 nitrogen and oxygen atoms in total. The number of H-pyrrole nitrogens is 1. The largest absolute Gasteiger partial charge is 0.361 e. The van der Waals surface area contributed by atoms with Gasteiger partial charge >= 0.3 is 0 Å². The van der Waals surface area contributed by atoms with Crippen molar-refractivity contribution in [2.24, 2.45) is 0 Å². The zero-order valence-corrected chi connectivity index (χ0v) is 11.8. The number of amides is 1. The van der Waals surface area contributed by atoms with Gasteiger partial charge in [0.2, 0.25) is 5.91 Å². The molecule has 1 N–H and O–H groups in total. The third-order valence-corrected chi connectivity index (χ3v) is 3.31. The van der Waals surface area contributed by atoms with Crippen LogP contribution in [-0.4, -0.2) is 28.9 Å². The van der Waals surface area contributed by atoms with Gasteiger partial charge in [-0.05, 0) is 35.9 Å². The Kier molecular flexibility index (Phi) is 4.61. The van der Waals surface area contributed by atoms with Crippen molar-refractivity contribution in [1.29, 1.82) is 0 Å². The van der Waals surface area contributed by atoms with Crippen molar-refractivity contribution in [1.82, 2.24) is 9.88 Å². The fourth-order valence-corrected chi connectivity index (χ4v) is 2.39. The van der Waals surface area contributed by atoms with Gasteiger partial charge in [0.15, 0.2) is 0 Å². The molecular weight excluding hydrogens is 236 g/mol. The van der Waals surface area contributed by atoms with Crippen molar-refractivity contribution in [2.75, 3.05) is 13.1 Å². The zero-order valence-electron chi connectivity index (χ0n) is 11.8. The maximum absolute atomic E-state index is 12.3. The van der Waals surface area contributed by atoms with Crippen LogP contribution in [0, 0.1) is 0 Å². The number of benzene rings is 1. The number of carbonyl (C=O) groups excluding carboxylic acids is 1. The fourth-order valence-electron chi connectivity index (χ4n) is 2.39. The second-order valence-electron chi connectivity index (χ2n) is 4.96. The monoisotopic (exact) mass is 258 g/mol. The first kappa shape index (κ1) is 13.7. The van der Waals surface area contributed by atoms with Crippen LogP contribution in [0.4, 0.5) is 0 Å². The molecule has 0 radical (unpaired) electrons. The number of nitrogens with one attached hydrogen (secondary N) is 1. The molecule has 2 rings (SSSR count). The SMILES string of the molecule is CCCN(CCC)C(=O)Cc1ccc2cc[nH]c2c1. The Hall–Kier alpha value is -1.77. The highest BCUT2D eigenvalue weighted by atomic mass is 16.2. The van der Waals surface area contributed by atoms with Crippen LogP contribution in [0.5, 0.6) is 0 Å². The molecule has 0 aliphatic heterocycles. The minimum absolute atomic E-state index is 0.231. The van der Waals surface area contributed by atoms with Gasteiger partial charge in [-0.1, -0.05) is 26.0 Å². The summed E-state index contributed by atoms with van der Waals surface area (Å²) in [7, 11) is 0.